The van der Waals surface area contributed by atoms with Crippen LogP contribution in [-0.2, 0) is 32.2 Å². The number of pyridine rings is 1. The second-order valence-corrected chi connectivity index (χ2v) is 13.1. The number of nitrogens with zero attached hydrogens (tertiary/aromatic N) is 4. The van der Waals surface area contributed by atoms with E-state index >= 15 is 0 Å². The molecule has 2 aromatic carbocycles. The second-order valence-electron chi connectivity index (χ2n) is 13.1. The van der Waals surface area contributed by atoms with Crippen LogP contribution < -0.4 is 20.7 Å². The van der Waals surface area contributed by atoms with E-state index in [0.717, 1.165) is 28.1 Å². The Balaban J connectivity index is 1.39. The molecule has 0 spiro atoms. The third-order valence-electron chi connectivity index (χ3n) is 8.51. The number of rotatable bonds is 11. The van der Waals surface area contributed by atoms with Gasteiger partial charge >= 0.3 is 5.97 Å². The van der Waals surface area contributed by atoms with E-state index in [4.69, 9.17) is 20.2 Å². The Labute approximate surface area is 281 Å². The molecule has 1 unspecified atom stereocenters. The maximum Gasteiger partial charge on any atom is 0.306 e. The molecule has 0 aliphatic carbocycles. The van der Waals surface area contributed by atoms with Gasteiger partial charge in [-0.1, -0.05) is 18.2 Å². The highest BCUT2D eigenvalue weighted by atomic mass is 16.6. The van der Waals surface area contributed by atoms with E-state index in [0.29, 0.717) is 49.8 Å². The molecule has 1 atom stereocenters. The number of piperazine rings is 1. The van der Waals surface area contributed by atoms with Crippen molar-refractivity contribution in [3.63, 3.8) is 0 Å². The molecule has 0 bridgehead atoms. The summed E-state index contributed by atoms with van der Waals surface area (Å²) in [5.41, 5.74) is 9.85. The van der Waals surface area contributed by atoms with Gasteiger partial charge in [-0.2, -0.15) is 0 Å². The number of amides is 3. The lowest BCUT2D eigenvalue weighted by Crippen LogP contribution is -2.48. The minimum Gasteiger partial charge on any atom is -0.497 e. The normalized spacial score (nSPS) is 15.2. The Hall–Kier alpha value is -5.13. The molecular formula is C36H44N6O6. The van der Waals surface area contributed by atoms with E-state index in [2.05, 4.69) is 10.2 Å². The summed E-state index contributed by atoms with van der Waals surface area (Å²) in [5.74, 6) is 0.0941. The van der Waals surface area contributed by atoms with Crippen molar-refractivity contribution in [2.75, 3.05) is 43.5 Å². The first-order chi connectivity index (χ1) is 22.8. The van der Waals surface area contributed by atoms with E-state index in [1.165, 1.54) is 4.90 Å². The van der Waals surface area contributed by atoms with Gasteiger partial charge in [0.05, 0.1) is 12.8 Å². The van der Waals surface area contributed by atoms with Crippen LogP contribution in [0.3, 0.4) is 0 Å². The van der Waals surface area contributed by atoms with Crippen LogP contribution in [0.25, 0.3) is 11.3 Å². The molecule has 12 heteroatoms. The summed E-state index contributed by atoms with van der Waals surface area (Å²) in [6.07, 6.45) is 0.0283. The number of nitrogens with one attached hydrogen (secondary N) is 1. The van der Waals surface area contributed by atoms with E-state index < -0.39 is 23.5 Å². The third kappa shape index (κ3) is 8.23. The predicted molar refractivity (Wildman–Crippen MR) is 182 cm³/mol. The van der Waals surface area contributed by atoms with Crippen molar-refractivity contribution in [2.24, 2.45) is 5.73 Å². The van der Waals surface area contributed by atoms with Crippen LogP contribution in [-0.4, -0.2) is 83.4 Å². The number of carbonyl (C=O) groups is 4. The van der Waals surface area contributed by atoms with Crippen LogP contribution in [0.5, 0.6) is 5.75 Å². The topological polar surface area (TPSA) is 147 Å². The van der Waals surface area contributed by atoms with Crippen LogP contribution >= 0.6 is 0 Å². The first-order valence-electron chi connectivity index (χ1n) is 16.2. The number of hydrogen-bond donors (Lipinski definition) is 2. The molecule has 2 aliphatic heterocycles. The molecule has 1 fully saturated rings. The van der Waals surface area contributed by atoms with Gasteiger partial charge in [0.15, 0.2) is 0 Å². The van der Waals surface area contributed by atoms with Crippen molar-refractivity contribution in [3.05, 3.63) is 71.3 Å². The SMILES string of the molecule is COc1ccc(CNc2cc(N3CCN(C(C)=O)CC3)cc(-c3ccc4c(c3)CN(C(CCC(=O)OC(C)(C)C)C(N)=O)C4=O)n2)cc1. The number of anilines is 2. The minimum absolute atomic E-state index is 0.0417. The van der Waals surface area contributed by atoms with Gasteiger partial charge in [0.2, 0.25) is 11.8 Å². The Morgan fingerprint density at radius 1 is 1.00 bits per heavy atom. The summed E-state index contributed by atoms with van der Waals surface area (Å²) >= 11 is 0. The van der Waals surface area contributed by atoms with Crippen molar-refractivity contribution in [2.45, 2.75) is 65.3 Å². The first-order valence-corrected chi connectivity index (χ1v) is 16.2. The summed E-state index contributed by atoms with van der Waals surface area (Å²) in [5, 5.41) is 3.45. The third-order valence-corrected chi connectivity index (χ3v) is 8.51. The summed E-state index contributed by atoms with van der Waals surface area (Å²) in [4.78, 5) is 60.7. The Morgan fingerprint density at radius 2 is 1.71 bits per heavy atom. The zero-order valence-electron chi connectivity index (χ0n) is 28.2. The number of carbonyl (C=O) groups excluding carboxylic acids is 4. The van der Waals surface area contributed by atoms with Gasteiger partial charge in [0.1, 0.15) is 23.2 Å². The van der Waals surface area contributed by atoms with Crippen LogP contribution in [0, 0.1) is 0 Å². The molecule has 3 aromatic rings. The molecule has 1 saturated heterocycles. The molecule has 1 aromatic heterocycles. The summed E-state index contributed by atoms with van der Waals surface area (Å²) in [7, 11) is 1.63. The Morgan fingerprint density at radius 3 is 2.33 bits per heavy atom. The molecule has 48 heavy (non-hydrogen) atoms. The van der Waals surface area contributed by atoms with E-state index in [1.807, 2.05) is 53.4 Å². The number of benzene rings is 2. The van der Waals surface area contributed by atoms with Crippen LogP contribution in [0.2, 0.25) is 0 Å². The van der Waals surface area contributed by atoms with Gasteiger partial charge in [0.25, 0.3) is 5.91 Å². The molecule has 12 nitrogen and oxygen atoms in total. The lowest BCUT2D eigenvalue weighted by atomic mass is 10.0. The van der Waals surface area contributed by atoms with Gasteiger partial charge in [-0.3, -0.25) is 19.2 Å². The lowest BCUT2D eigenvalue weighted by molar-refractivity contribution is -0.155. The predicted octanol–water partition coefficient (Wildman–Crippen LogP) is 3.97. The molecular weight excluding hydrogens is 612 g/mol. The van der Waals surface area contributed by atoms with Gasteiger partial charge in [-0.05, 0) is 68.7 Å². The molecule has 2 aliphatic rings. The van der Waals surface area contributed by atoms with Crippen molar-refractivity contribution < 1.29 is 28.7 Å². The Kier molecular flexibility index (Phi) is 10.2. The largest absolute Gasteiger partial charge is 0.497 e. The summed E-state index contributed by atoms with van der Waals surface area (Å²) < 4.78 is 10.7. The average molecular weight is 657 g/mol. The number of nitrogens with two attached hydrogens (primary N) is 1. The number of esters is 1. The number of methoxy groups -OCH3 is 1. The number of fused-ring (bicyclic) bond motifs is 1. The number of primary amides is 1. The Bertz CT molecular complexity index is 1680. The average Bonchev–Trinajstić information content (AvgIpc) is 3.37. The van der Waals surface area contributed by atoms with Crippen molar-refractivity contribution in [1.29, 1.82) is 0 Å². The maximum absolute atomic E-state index is 13.4. The quantitative estimate of drug-likeness (QED) is 0.293. The highest BCUT2D eigenvalue weighted by molar-refractivity contribution is 6.01. The molecule has 3 amide bonds. The molecule has 254 valence electrons. The van der Waals surface area contributed by atoms with E-state index in [1.54, 1.807) is 40.9 Å². The standard InChI is InChI=1S/C36H44N6O6/c1-23(43)40-14-16-41(17-15-40)27-19-30(39-32(20-27)38-21-24-6-9-28(47-5)10-7-24)25-8-11-29-26(18-25)22-42(35(29)46)31(34(37)45)12-13-33(44)48-36(2,3)4/h6-11,18-20,31H,12-17,21-22H2,1-5H3,(H2,37,45)(H,38,39). The van der Waals surface area contributed by atoms with E-state index in [9.17, 15) is 19.2 Å². The minimum atomic E-state index is -0.954. The molecule has 5 rings (SSSR count). The number of aromatic nitrogens is 1. The fourth-order valence-corrected chi connectivity index (χ4v) is 6.01. The van der Waals surface area contributed by atoms with Crippen LogP contribution in [0.1, 0.15) is 62.0 Å². The molecule has 0 radical (unpaired) electrons. The van der Waals surface area contributed by atoms with Crippen LogP contribution in [0.4, 0.5) is 11.5 Å². The molecule has 3 heterocycles. The highest BCUT2D eigenvalue weighted by Crippen LogP contribution is 2.33. The van der Waals surface area contributed by atoms with Crippen LogP contribution in [0.15, 0.2) is 54.6 Å². The molecule has 0 saturated carbocycles. The fourth-order valence-electron chi connectivity index (χ4n) is 6.01. The number of hydrogen-bond acceptors (Lipinski definition) is 9. The lowest BCUT2D eigenvalue weighted by Gasteiger charge is -2.36. The highest BCUT2D eigenvalue weighted by Gasteiger charge is 2.36. The smallest absolute Gasteiger partial charge is 0.306 e. The molecule has 3 N–H and O–H groups in total. The number of ether oxygens (including phenoxy) is 2. The second kappa shape index (κ2) is 14.3. The van der Waals surface area contributed by atoms with Gasteiger partial charge < -0.3 is 35.2 Å². The van der Waals surface area contributed by atoms with Crippen molar-refractivity contribution in [1.82, 2.24) is 14.8 Å². The van der Waals surface area contributed by atoms with Gasteiger partial charge in [0, 0.05) is 75.5 Å². The fraction of sp³-hybridized carbons (Fsp3) is 0.417. The van der Waals surface area contributed by atoms with Crippen molar-refractivity contribution >= 4 is 35.2 Å². The van der Waals surface area contributed by atoms with Crippen molar-refractivity contribution in [3.8, 4) is 17.0 Å². The summed E-state index contributed by atoms with van der Waals surface area (Å²) in [6, 6.07) is 16.4. The summed E-state index contributed by atoms with van der Waals surface area (Å²) in [6.45, 7) is 10.3. The van der Waals surface area contributed by atoms with E-state index in [-0.39, 0.29) is 31.2 Å². The monoisotopic (exact) mass is 656 g/mol. The van der Waals surface area contributed by atoms with Gasteiger partial charge in [-0.25, -0.2) is 4.98 Å². The zero-order chi connectivity index (χ0) is 34.6. The van der Waals surface area contributed by atoms with Gasteiger partial charge in [-0.15, -0.1) is 0 Å². The zero-order valence-corrected chi connectivity index (χ0v) is 28.2. The maximum atomic E-state index is 13.4. The first kappa shape index (κ1) is 34.2.